The third kappa shape index (κ3) is 65.0. The van der Waals surface area contributed by atoms with Gasteiger partial charge in [-0.25, -0.2) is 4.57 Å². The Balaban J connectivity index is 3.71. The Hall–Kier alpha value is -2.03. The molecule has 0 aliphatic heterocycles. The molecule has 3 N–H and O–H groups in total. The van der Waals surface area contributed by atoms with E-state index in [1.165, 1.54) is 244 Å². The van der Waals surface area contributed by atoms with Gasteiger partial charge in [0, 0.05) is 19.4 Å². The summed E-state index contributed by atoms with van der Waals surface area (Å²) in [6.07, 6.45) is 82.5. The van der Waals surface area contributed by atoms with Crippen molar-refractivity contribution in [2.45, 2.75) is 354 Å². The van der Waals surface area contributed by atoms with E-state index in [0.717, 1.165) is 70.6 Å². The minimum atomic E-state index is -4.40. The maximum atomic E-state index is 12.7. The SMILES string of the molecule is CC/C=C\C/C=C\C/C=C\C/C=C\CCCCCCC(=O)OC(COC(=O)CCCCCCCCCCCCCCCCCCCCCCCCCCCCCCCCCCCCCCCCCCC)COP(=O)(O)OCCN. The summed E-state index contributed by atoms with van der Waals surface area (Å²) in [6.45, 7) is 3.65. The van der Waals surface area contributed by atoms with E-state index in [9.17, 15) is 19.0 Å². The molecule has 464 valence electrons. The molecule has 0 spiro atoms. The van der Waals surface area contributed by atoms with Gasteiger partial charge in [-0.15, -0.1) is 0 Å². The number of phosphoric ester groups is 1. The molecule has 10 heteroatoms. The van der Waals surface area contributed by atoms with Gasteiger partial charge < -0.3 is 20.1 Å². The van der Waals surface area contributed by atoms with E-state index in [2.05, 4.69) is 62.5 Å². The number of hydrogen-bond donors (Lipinski definition) is 2. The number of carbonyl (C=O) groups is 2. The molecule has 2 atom stereocenters. The smallest absolute Gasteiger partial charge is 0.462 e. The van der Waals surface area contributed by atoms with Crippen LogP contribution in [0, 0.1) is 0 Å². The van der Waals surface area contributed by atoms with Crippen LogP contribution in [0.25, 0.3) is 0 Å². The van der Waals surface area contributed by atoms with Gasteiger partial charge in [0.05, 0.1) is 13.2 Å². The van der Waals surface area contributed by atoms with E-state index in [-0.39, 0.29) is 38.6 Å². The first-order valence-electron chi connectivity index (χ1n) is 34.1. The van der Waals surface area contributed by atoms with Crippen molar-refractivity contribution >= 4 is 19.8 Å². The lowest BCUT2D eigenvalue weighted by molar-refractivity contribution is -0.161. The topological polar surface area (TPSA) is 134 Å². The average Bonchev–Trinajstić information content (AvgIpc) is 3.44. The van der Waals surface area contributed by atoms with E-state index < -0.39 is 26.5 Å². The van der Waals surface area contributed by atoms with Crippen molar-refractivity contribution in [2.24, 2.45) is 5.73 Å². The first kappa shape index (κ1) is 77.0. The van der Waals surface area contributed by atoms with Crippen molar-refractivity contribution in [1.82, 2.24) is 0 Å². The second-order valence-electron chi connectivity index (χ2n) is 23.0. The van der Waals surface area contributed by atoms with Gasteiger partial charge in [0.1, 0.15) is 6.61 Å². The third-order valence-electron chi connectivity index (χ3n) is 15.2. The fraction of sp³-hybridized carbons (Fsp3) is 0.855. The Morgan fingerprint density at radius 1 is 0.392 bits per heavy atom. The predicted octanol–water partition coefficient (Wildman–Crippen LogP) is 22.1. The predicted molar refractivity (Wildman–Crippen MR) is 340 cm³/mol. The van der Waals surface area contributed by atoms with Crippen molar-refractivity contribution in [1.29, 1.82) is 0 Å². The molecule has 0 bridgehead atoms. The van der Waals surface area contributed by atoms with Crippen molar-refractivity contribution in [3.63, 3.8) is 0 Å². The highest BCUT2D eigenvalue weighted by Crippen LogP contribution is 2.43. The monoisotopic (exact) mass is 1130 g/mol. The van der Waals surface area contributed by atoms with Gasteiger partial charge in [-0.1, -0.05) is 332 Å². The van der Waals surface area contributed by atoms with E-state index in [0.29, 0.717) is 6.42 Å². The number of rotatable bonds is 65. The second-order valence-corrected chi connectivity index (χ2v) is 24.5. The van der Waals surface area contributed by atoms with Crippen molar-refractivity contribution in [3.8, 4) is 0 Å². The van der Waals surface area contributed by atoms with Crippen molar-refractivity contribution < 1.29 is 37.6 Å². The number of unbranched alkanes of at least 4 members (excludes halogenated alkanes) is 44. The Kier molecular flexibility index (Phi) is 63.5. The summed E-state index contributed by atoms with van der Waals surface area (Å²) in [7, 11) is -4.40. The molecule has 0 amide bonds. The highest BCUT2D eigenvalue weighted by Gasteiger charge is 2.26. The molecule has 2 unspecified atom stereocenters. The quantitative estimate of drug-likeness (QED) is 0.0264. The van der Waals surface area contributed by atoms with Gasteiger partial charge >= 0.3 is 19.8 Å². The van der Waals surface area contributed by atoms with Crippen LogP contribution in [-0.2, 0) is 32.7 Å². The average molecular weight is 1130 g/mol. The lowest BCUT2D eigenvalue weighted by Gasteiger charge is -2.19. The maximum Gasteiger partial charge on any atom is 0.472 e. The van der Waals surface area contributed by atoms with Crippen LogP contribution in [0.3, 0.4) is 0 Å². The molecule has 0 fully saturated rings. The molecular formula is C69H130NO8P. The first-order chi connectivity index (χ1) is 38.8. The molecule has 0 saturated carbocycles. The van der Waals surface area contributed by atoms with Crippen LogP contribution in [-0.4, -0.2) is 49.3 Å². The van der Waals surface area contributed by atoms with Gasteiger partial charge in [0.15, 0.2) is 6.10 Å². The number of hydrogen-bond acceptors (Lipinski definition) is 8. The molecule has 0 aliphatic rings. The molecule has 0 aromatic carbocycles. The van der Waals surface area contributed by atoms with E-state index in [4.69, 9.17) is 24.3 Å². The number of carbonyl (C=O) groups excluding carboxylic acids is 2. The fourth-order valence-electron chi connectivity index (χ4n) is 10.2. The number of ether oxygens (including phenoxy) is 2. The van der Waals surface area contributed by atoms with Gasteiger partial charge in [-0.3, -0.25) is 18.6 Å². The molecule has 0 aliphatic carbocycles. The van der Waals surface area contributed by atoms with Gasteiger partial charge in [0.2, 0.25) is 0 Å². The zero-order valence-corrected chi connectivity index (χ0v) is 53.0. The molecule has 0 saturated heterocycles. The molecular weight excluding hydrogens is 1000 g/mol. The summed E-state index contributed by atoms with van der Waals surface area (Å²) >= 11 is 0. The standard InChI is InChI=1S/C69H130NO8P/c1-3-5-7-9-11-13-15-17-19-21-22-23-24-25-26-27-28-29-30-31-32-33-34-35-36-37-38-39-40-41-42-43-44-46-47-49-51-53-55-57-59-61-68(71)75-65-67(66-77-79(73,74)76-64-63-70)78-69(72)62-60-58-56-54-52-50-48-45-20-18-16-14-12-10-8-6-4-2/h6,8,12,14,18,20,48,50,67H,3-5,7,9-11,13,15-17,19,21-47,49,51-66,70H2,1-2H3,(H,73,74)/b8-6-,14-12-,20-18-,50-48-. The molecule has 0 aromatic rings. The Morgan fingerprint density at radius 2 is 0.696 bits per heavy atom. The Labute approximate surface area is 489 Å². The Morgan fingerprint density at radius 3 is 1.04 bits per heavy atom. The number of allylic oxidation sites excluding steroid dienone is 8. The Bertz CT molecular complexity index is 1430. The maximum absolute atomic E-state index is 12.7. The summed E-state index contributed by atoms with van der Waals surface area (Å²) < 4.78 is 33.0. The number of nitrogens with two attached hydrogens (primary N) is 1. The molecule has 0 aromatic heterocycles. The largest absolute Gasteiger partial charge is 0.472 e. The van der Waals surface area contributed by atoms with E-state index in [1.54, 1.807) is 0 Å². The summed E-state index contributed by atoms with van der Waals surface area (Å²) in [6, 6.07) is 0. The summed E-state index contributed by atoms with van der Waals surface area (Å²) in [5.41, 5.74) is 5.38. The van der Waals surface area contributed by atoms with Crippen LogP contribution in [0.2, 0.25) is 0 Å². The van der Waals surface area contributed by atoms with Crippen LogP contribution in [0.1, 0.15) is 348 Å². The molecule has 79 heavy (non-hydrogen) atoms. The van der Waals surface area contributed by atoms with Gasteiger partial charge in [-0.05, 0) is 51.4 Å². The second kappa shape index (κ2) is 65.1. The molecule has 0 heterocycles. The fourth-order valence-corrected chi connectivity index (χ4v) is 11.0. The van der Waals surface area contributed by atoms with Gasteiger partial charge in [-0.2, -0.15) is 0 Å². The summed E-state index contributed by atoms with van der Waals surface area (Å²) in [5, 5.41) is 0. The number of phosphoric acid groups is 1. The van der Waals surface area contributed by atoms with E-state index in [1.807, 2.05) is 0 Å². The highest BCUT2D eigenvalue weighted by atomic mass is 31.2. The lowest BCUT2D eigenvalue weighted by atomic mass is 10.0. The molecule has 9 nitrogen and oxygen atoms in total. The normalized spacial score (nSPS) is 13.2. The van der Waals surface area contributed by atoms with Crippen molar-refractivity contribution in [3.05, 3.63) is 48.6 Å². The number of esters is 2. The molecule has 0 radical (unpaired) electrons. The zero-order chi connectivity index (χ0) is 57.3. The van der Waals surface area contributed by atoms with Crippen LogP contribution in [0.5, 0.6) is 0 Å². The summed E-state index contributed by atoms with van der Waals surface area (Å²) in [5.74, 6) is -0.843. The summed E-state index contributed by atoms with van der Waals surface area (Å²) in [4.78, 5) is 35.2. The van der Waals surface area contributed by atoms with Crippen molar-refractivity contribution in [2.75, 3.05) is 26.4 Å². The highest BCUT2D eigenvalue weighted by molar-refractivity contribution is 7.47. The zero-order valence-electron chi connectivity index (χ0n) is 52.1. The third-order valence-corrected chi connectivity index (χ3v) is 16.2. The minimum Gasteiger partial charge on any atom is -0.462 e. The van der Waals surface area contributed by atoms with Crippen LogP contribution >= 0.6 is 7.82 Å². The lowest BCUT2D eigenvalue weighted by Crippen LogP contribution is -2.29. The molecule has 0 rings (SSSR count). The first-order valence-corrected chi connectivity index (χ1v) is 35.6. The van der Waals surface area contributed by atoms with Gasteiger partial charge in [0.25, 0.3) is 0 Å². The van der Waals surface area contributed by atoms with Crippen LogP contribution in [0.4, 0.5) is 0 Å². The van der Waals surface area contributed by atoms with E-state index >= 15 is 0 Å². The van der Waals surface area contributed by atoms with Crippen LogP contribution in [0.15, 0.2) is 48.6 Å². The minimum absolute atomic E-state index is 0.0488. The van der Waals surface area contributed by atoms with Crippen LogP contribution < -0.4 is 5.73 Å².